The molecule has 0 aliphatic carbocycles. The fraction of sp³-hybridized carbons (Fsp3) is 0.652. The molecule has 29 heavy (non-hydrogen) atoms. The van der Waals surface area contributed by atoms with E-state index in [-0.39, 0.29) is 12.3 Å². The normalized spacial score (nSPS) is 14.5. The average molecular weight is 407 g/mol. The summed E-state index contributed by atoms with van der Waals surface area (Å²) in [6, 6.07) is 7.45. The van der Waals surface area contributed by atoms with Crippen molar-refractivity contribution in [2.75, 3.05) is 27.2 Å². The number of nitrogens with zero attached hydrogens (tertiary/aromatic N) is 1. The SMILES string of the molecule is CCC(c1cccc(OC(=O)OC(=O)CC(CN)CC(C)C)c1)C(C)CN(C)C. The van der Waals surface area contributed by atoms with Gasteiger partial charge in [0.2, 0.25) is 0 Å². The van der Waals surface area contributed by atoms with Crippen LogP contribution in [0.25, 0.3) is 0 Å². The zero-order valence-electron chi connectivity index (χ0n) is 18.8. The Bertz CT molecular complexity index is 646. The lowest BCUT2D eigenvalue weighted by molar-refractivity contribution is -0.139. The lowest BCUT2D eigenvalue weighted by atomic mass is 9.85. The quantitative estimate of drug-likeness (QED) is 0.332. The summed E-state index contributed by atoms with van der Waals surface area (Å²) >= 11 is 0. The molecule has 164 valence electrons. The minimum Gasteiger partial charge on any atom is -0.395 e. The van der Waals surface area contributed by atoms with Gasteiger partial charge in [0.15, 0.2) is 0 Å². The Morgan fingerprint density at radius 3 is 2.41 bits per heavy atom. The van der Waals surface area contributed by atoms with E-state index in [2.05, 4.69) is 46.7 Å². The number of hydrogen-bond donors (Lipinski definition) is 1. The number of carbonyl (C=O) groups excluding carboxylic acids is 2. The van der Waals surface area contributed by atoms with Crippen molar-refractivity contribution in [3.05, 3.63) is 29.8 Å². The molecule has 0 amide bonds. The van der Waals surface area contributed by atoms with Crippen LogP contribution in [-0.2, 0) is 9.53 Å². The maximum Gasteiger partial charge on any atom is 0.521 e. The minimum atomic E-state index is -0.998. The Balaban J connectivity index is 2.70. The first-order chi connectivity index (χ1) is 13.7. The average Bonchev–Trinajstić information content (AvgIpc) is 2.60. The smallest absolute Gasteiger partial charge is 0.395 e. The highest BCUT2D eigenvalue weighted by Gasteiger charge is 2.21. The molecule has 6 heteroatoms. The Kier molecular flexibility index (Phi) is 10.9. The predicted molar refractivity (Wildman–Crippen MR) is 116 cm³/mol. The largest absolute Gasteiger partial charge is 0.521 e. The number of esters is 1. The highest BCUT2D eigenvalue weighted by molar-refractivity contribution is 5.82. The van der Waals surface area contributed by atoms with Crippen molar-refractivity contribution in [3.63, 3.8) is 0 Å². The van der Waals surface area contributed by atoms with Crippen LogP contribution in [0.5, 0.6) is 5.75 Å². The van der Waals surface area contributed by atoms with E-state index >= 15 is 0 Å². The van der Waals surface area contributed by atoms with Crippen molar-refractivity contribution >= 4 is 12.1 Å². The standard InChI is InChI=1S/C23H38N2O4/c1-7-21(17(4)15-25(5)6)19-9-8-10-20(13-19)28-23(27)29-22(26)12-18(14-24)11-16(2)3/h8-10,13,16-18,21H,7,11-12,14-15,24H2,1-6H3. The van der Waals surface area contributed by atoms with Gasteiger partial charge in [-0.2, -0.15) is 0 Å². The Morgan fingerprint density at radius 1 is 1.17 bits per heavy atom. The van der Waals surface area contributed by atoms with E-state index < -0.39 is 12.1 Å². The number of benzene rings is 1. The van der Waals surface area contributed by atoms with E-state index in [1.54, 1.807) is 6.07 Å². The molecule has 2 N–H and O–H groups in total. The second kappa shape index (κ2) is 12.6. The van der Waals surface area contributed by atoms with Crippen LogP contribution in [0.2, 0.25) is 0 Å². The maximum atomic E-state index is 12.0. The Morgan fingerprint density at radius 2 is 1.86 bits per heavy atom. The number of nitrogens with two attached hydrogens (primary N) is 1. The molecule has 0 bridgehead atoms. The van der Waals surface area contributed by atoms with Gasteiger partial charge in [0.1, 0.15) is 5.75 Å². The van der Waals surface area contributed by atoms with Crippen LogP contribution in [0.3, 0.4) is 0 Å². The number of hydrogen-bond acceptors (Lipinski definition) is 6. The molecule has 0 spiro atoms. The van der Waals surface area contributed by atoms with Crippen LogP contribution in [0.4, 0.5) is 4.79 Å². The third-order valence-corrected chi connectivity index (χ3v) is 5.06. The van der Waals surface area contributed by atoms with Crippen molar-refractivity contribution < 1.29 is 19.1 Å². The molecule has 0 saturated heterocycles. The van der Waals surface area contributed by atoms with E-state index in [0.717, 1.165) is 24.9 Å². The van der Waals surface area contributed by atoms with Gasteiger partial charge in [0, 0.05) is 6.54 Å². The highest BCUT2D eigenvalue weighted by Crippen LogP contribution is 2.30. The van der Waals surface area contributed by atoms with Crippen LogP contribution in [-0.4, -0.2) is 44.2 Å². The summed E-state index contributed by atoms with van der Waals surface area (Å²) in [5, 5.41) is 0. The molecular weight excluding hydrogens is 368 g/mol. The Hall–Kier alpha value is -1.92. The molecule has 0 heterocycles. The van der Waals surface area contributed by atoms with E-state index in [4.69, 9.17) is 15.2 Å². The summed E-state index contributed by atoms with van der Waals surface area (Å²) in [4.78, 5) is 26.2. The van der Waals surface area contributed by atoms with Crippen LogP contribution >= 0.6 is 0 Å². The molecule has 0 aromatic heterocycles. The van der Waals surface area contributed by atoms with Crippen molar-refractivity contribution in [1.29, 1.82) is 0 Å². The molecule has 1 rings (SSSR count). The van der Waals surface area contributed by atoms with Crippen LogP contribution < -0.4 is 10.5 Å². The highest BCUT2D eigenvalue weighted by atomic mass is 16.7. The molecule has 0 fully saturated rings. The summed E-state index contributed by atoms with van der Waals surface area (Å²) in [6.45, 7) is 9.87. The molecule has 6 nitrogen and oxygen atoms in total. The molecule has 1 aromatic carbocycles. The topological polar surface area (TPSA) is 81.9 Å². The van der Waals surface area contributed by atoms with Crippen molar-refractivity contribution in [2.24, 2.45) is 23.5 Å². The summed E-state index contributed by atoms with van der Waals surface area (Å²) in [6.07, 6.45) is 0.912. The predicted octanol–water partition coefficient (Wildman–Crippen LogP) is 4.43. The number of rotatable bonds is 11. The third kappa shape index (κ3) is 9.41. The van der Waals surface area contributed by atoms with Crippen LogP contribution in [0.15, 0.2) is 24.3 Å². The molecular formula is C23H38N2O4. The summed E-state index contributed by atoms with van der Waals surface area (Å²) in [7, 11) is 4.12. The van der Waals surface area contributed by atoms with Crippen LogP contribution in [0, 0.1) is 17.8 Å². The molecule has 0 aliphatic rings. The maximum absolute atomic E-state index is 12.0. The van der Waals surface area contributed by atoms with Gasteiger partial charge in [-0.3, -0.25) is 4.79 Å². The van der Waals surface area contributed by atoms with Gasteiger partial charge in [-0.15, -0.1) is 0 Å². The van der Waals surface area contributed by atoms with Crippen molar-refractivity contribution in [1.82, 2.24) is 4.90 Å². The minimum absolute atomic E-state index is 0.00197. The van der Waals surface area contributed by atoms with E-state index in [1.165, 1.54) is 0 Å². The lowest BCUT2D eigenvalue weighted by Gasteiger charge is -2.26. The summed E-state index contributed by atoms with van der Waals surface area (Å²) in [5.41, 5.74) is 6.82. The van der Waals surface area contributed by atoms with Gasteiger partial charge < -0.3 is 20.1 Å². The van der Waals surface area contributed by atoms with Gasteiger partial charge in [-0.25, -0.2) is 4.79 Å². The first-order valence-corrected chi connectivity index (χ1v) is 10.5. The van der Waals surface area contributed by atoms with Gasteiger partial charge in [-0.1, -0.05) is 39.8 Å². The number of carbonyl (C=O) groups is 2. The second-order valence-corrected chi connectivity index (χ2v) is 8.59. The molecule has 3 unspecified atom stereocenters. The zero-order valence-corrected chi connectivity index (χ0v) is 18.8. The van der Waals surface area contributed by atoms with E-state index in [1.807, 2.05) is 18.2 Å². The third-order valence-electron chi connectivity index (χ3n) is 5.06. The monoisotopic (exact) mass is 406 g/mol. The fourth-order valence-electron chi connectivity index (χ4n) is 3.90. The molecule has 3 atom stereocenters. The zero-order chi connectivity index (χ0) is 22.0. The molecule has 0 saturated carbocycles. The van der Waals surface area contributed by atoms with E-state index in [0.29, 0.717) is 30.0 Å². The van der Waals surface area contributed by atoms with Gasteiger partial charge in [-0.05, 0) is 74.8 Å². The summed E-state index contributed by atoms with van der Waals surface area (Å²) in [5.74, 6) is 1.00. The first-order valence-electron chi connectivity index (χ1n) is 10.5. The molecule has 0 radical (unpaired) electrons. The second-order valence-electron chi connectivity index (χ2n) is 8.59. The van der Waals surface area contributed by atoms with Crippen molar-refractivity contribution in [3.8, 4) is 5.75 Å². The lowest BCUT2D eigenvalue weighted by Crippen LogP contribution is -2.24. The fourth-order valence-corrected chi connectivity index (χ4v) is 3.90. The van der Waals surface area contributed by atoms with Gasteiger partial charge in [0.05, 0.1) is 6.42 Å². The van der Waals surface area contributed by atoms with Crippen molar-refractivity contribution in [2.45, 2.75) is 52.9 Å². The first kappa shape index (κ1) is 25.1. The van der Waals surface area contributed by atoms with Crippen LogP contribution in [0.1, 0.15) is 58.4 Å². The van der Waals surface area contributed by atoms with Gasteiger partial charge in [0.25, 0.3) is 0 Å². The number of ether oxygens (including phenoxy) is 2. The molecule has 0 aliphatic heterocycles. The molecule has 1 aromatic rings. The Labute approximate surface area is 175 Å². The summed E-state index contributed by atoms with van der Waals surface area (Å²) < 4.78 is 10.1. The van der Waals surface area contributed by atoms with E-state index in [9.17, 15) is 9.59 Å². The van der Waals surface area contributed by atoms with Gasteiger partial charge >= 0.3 is 12.1 Å².